The molecule has 0 spiro atoms. The molecule has 2 fully saturated rings. The first-order chi connectivity index (χ1) is 13.1. The van der Waals surface area contributed by atoms with Gasteiger partial charge in [0.2, 0.25) is 0 Å². The number of fused-ring (bicyclic) bond motifs is 2. The topological polar surface area (TPSA) is 48.9 Å². The molecule has 5 nitrogen and oxygen atoms in total. The second-order valence-electron chi connectivity index (χ2n) is 8.26. The van der Waals surface area contributed by atoms with Crippen molar-refractivity contribution in [2.45, 2.75) is 70.0 Å². The zero-order valence-corrected chi connectivity index (χ0v) is 17.4. The lowest BCUT2D eigenvalue weighted by Crippen LogP contribution is -2.56. The molecule has 5 heteroatoms. The summed E-state index contributed by atoms with van der Waals surface area (Å²) in [5.74, 6) is 2.34. The Morgan fingerprint density at radius 1 is 1.22 bits per heavy atom. The molecule has 3 rings (SSSR count). The Morgan fingerprint density at radius 2 is 1.93 bits per heavy atom. The maximum Gasteiger partial charge on any atom is 0.191 e. The second-order valence-corrected chi connectivity index (χ2v) is 8.26. The van der Waals surface area contributed by atoms with Gasteiger partial charge in [-0.2, -0.15) is 0 Å². The van der Waals surface area contributed by atoms with Crippen molar-refractivity contribution in [1.82, 2.24) is 15.5 Å². The molecule has 1 aromatic rings. The molecule has 0 aliphatic carbocycles. The van der Waals surface area contributed by atoms with E-state index in [0.29, 0.717) is 18.6 Å². The van der Waals surface area contributed by atoms with E-state index in [2.05, 4.69) is 59.6 Å². The van der Waals surface area contributed by atoms with E-state index in [4.69, 9.17) is 4.74 Å². The lowest BCUT2D eigenvalue weighted by atomic mass is 9.82. The highest BCUT2D eigenvalue weighted by molar-refractivity contribution is 5.79. The summed E-state index contributed by atoms with van der Waals surface area (Å²) in [5.41, 5.74) is 1.26. The smallest absolute Gasteiger partial charge is 0.191 e. The van der Waals surface area contributed by atoms with E-state index < -0.39 is 0 Å². The highest BCUT2D eigenvalue weighted by Gasteiger charge is 2.36. The summed E-state index contributed by atoms with van der Waals surface area (Å²) in [4.78, 5) is 7.01. The van der Waals surface area contributed by atoms with E-state index in [-0.39, 0.29) is 0 Å². The highest BCUT2D eigenvalue weighted by atomic mass is 16.5. The second kappa shape index (κ2) is 9.45. The normalized spacial score (nSPS) is 26.1. The van der Waals surface area contributed by atoms with Crippen LogP contribution in [0.15, 0.2) is 29.3 Å². The van der Waals surface area contributed by atoms with Crippen molar-refractivity contribution in [3.63, 3.8) is 0 Å². The molecule has 2 saturated heterocycles. The summed E-state index contributed by atoms with van der Waals surface area (Å²) < 4.78 is 6.01. The Kier molecular flexibility index (Phi) is 7.00. The van der Waals surface area contributed by atoms with Crippen LogP contribution < -0.4 is 15.4 Å². The first kappa shape index (κ1) is 20.0. The number of nitrogens with zero attached hydrogens (tertiary/aromatic N) is 2. The number of nitrogens with one attached hydrogen (secondary N) is 2. The summed E-state index contributed by atoms with van der Waals surface area (Å²) in [6.07, 6.45) is 6.48. The zero-order chi connectivity index (χ0) is 19.2. The van der Waals surface area contributed by atoms with E-state index in [1.54, 1.807) is 0 Å². The number of rotatable bonds is 6. The van der Waals surface area contributed by atoms with Crippen molar-refractivity contribution in [2.24, 2.45) is 4.99 Å². The third kappa shape index (κ3) is 5.16. The first-order valence-corrected chi connectivity index (χ1v) is 10.5. The van der Waals surface area contributed by atoms with Crippen LogP contribution in [0.3, 0.4) is 0 Å². The van der Waals surface area contributed by atoms with Gasteiger partial charge in [-0.1, -0.05) is 38.5 Å². The zero-order valence-electron chi connectivity index (χ0n) is 17.4. The van der Waals surface area contributed by atoms with Gasteiger partial charge in [0, 0.05) is 25.2 Å². The average molecular weight is 373 g/mol. The lowest BCUT2D eigenvalue weighted by Gasteiger charge is -2.47. The number of aliphatic imine (C=N–C) groups is 1. The van der Waals surface area contributed by atoms with Gasteiger partial charge >= 0.3 is 0 Å². The molecular formula is C22H36N4O. The maximum atomic E-state index is 6.01. The van der Waals surface area contributed by atoms with Crippen LogP contribution in [-0.2, 0) is 0 Å². The number of para-hydroxylation sites is 1. The minimum atomic E-state index is 0.465. The van der Waals surface area contributed by atoms with Crippen LogP contribution in [0.25, 0.3) is 0 Å². The Bertz CT molecular complexity index is 616. The number of guanidine groups is 1. The molecule has 27 heavy (non-hydrogen) atoms. The Hall–Kier alpha value is -1.75. The Labute approximate surface area is 164 Å². The molecule has 2 heterocycles. The molecule has 2 bridgehead atoms. The predicted octanol–water partition coefficient (Wildman–Crippen LogP) is 3.37. The largest absolute Gasteiger partial charge is 0.491 e. The van der Waals surface area contributed by atoms with E-state index in [1.807, 2.05) is 13.1 Å². The predicted molar refractivity (Wildman–Crippen MR) is 113 cm³/mol. The van der Waals surface area contributed by atoms with Gasteiger partial charge in [0.05, 0.1) is 6.54 Å². The molecule has 2 atom stereocenters. The fourth-order valence-electron chi connectivity index (χ4n) is 4.54. The van der Waals surface area contributed by atoms with Gasteiger partial charge < -0.3 is 20.3 Å². The molecule has 2 aliphatic heterocycles. The molecule has 2 aliphatic rings. The standard InChI is InChI=1S/C22H36N4O/c1-16(2)20-10-5-6-11-21(20)27-13-12-24-22(23-3)25-17-14-18-8-7-9-19(15-17)26(18)4/h5-6,10-11,16-19H,7-9,12-15H2,1-4H3,(H2,23,24,25). The number of hydrogen-bond acceptors (Lipinski definition) is 3. The fraction of sp³-hybridized carbons (Fsp3) is 0.682. The SMILES string of the molecule is CN=C(NCCOc1ccccc1C(C)C)NC1CC2CCCC(C1)N2C. The highest BCUT2D eigenvalue weighted by Crippen LogP contribution is 2.32. The van der Waals surface area contributed by atoms with Gasteiger partial charge in [-0.15, -0.1) is 0 Å². The van der Waals surface area contributed by atoms with Crippen molar-refractivity contribution in [1.29, 1.82) is 0 Å². The molecule has 150 valence electrons. The Balaban J connectivity index is 1.44. The summed E-state index contributed by atoms with van der Waals surface area (Å²) in [5, 5.41) is 7.05. The van der Waals surface area contributed by atoms with Crippen molar-refractivity contribution < 1.29 is 4.74 Å². The van der Waals surface area contributed by atoms with Gasteiger partial charge in [0.25, 0.3) is 0 Å². The van der Waals surface area contributed by atoms with Crippen LogP contribution in [0.4, 0.5) is 0 Å². The van der Waals surface area contributed by atoms with Crippen molar-refractivity contribution in [2.75, 3.05) is 27.2 Å². The van der Waals surface area contributed by atoms with E-state index in [0.717, 1.165) is 30.3 Å². The minimum absolute atomic E-state index is 0.465. The molecule has 0 radical (unpaired) electrons. The number of ether oxygens (including phenoxy) is 1. The van der Waals surface area contributed by atoms with Gasteiger partial charge in [-0.05, 0) is 50.3 Å². The lowest BCUT2D eigenvalue weighted by molar-refractivity contribution is 0.0526. The van der Waals surface area contributed by atoms with Gasteiger partial charge in [0.1, 0.15) is 12.4 Å². The van der Waals surface area contributed by atoms with Crippen molar-refractivity contribution in [3.8, 4) is 5.75 Å². The van der Waals surface area contributed by atoms with Crippen LogP contribution >= 0.6 is 0 Å². The summed E-state index contributed by atoms with van der Waals surface area (Å²) in [6, 6.07) is 10.3. The van der Waals surface area contributed by atoms with E-state index >= 15 is 0 Å². The minimum Gasteiger partial charge on any atom is -0.491 e. The maximum absolute atomic E-state index is 6.01. The molecule has 2 unspecified atom stereocenters. The molecule has 1 aromatic carbocycles. The fourth-order valence-corrected chi connectivity index (χ4v) is 4.54. The van der Waals surface area contributed by atoms with Gasteiger partial charge in [0.15, 0.2) is 5.96 Å². The van der Waals surface area contributed by atoms with Crippen molar-refractivity contribution >= 4 is 5.96 Å². The third-order valence-corrected chi connectivity index (χ3v) is 6.10. The van der Waals surface area contributed by atoms with Gasteiger partial charge in [-0.3, -0.25) is 4.99 Å². The van der Waals surface area contributed by atoms with E-state index in [1.165, 1.54) is 37.7 Å². The molecular weight excluding hydrogens is 336 g/mol. The quantitative estimate of drug-likeness (QED) is 0.457. The summed E-state index contributed by atoms with van der Waals surface area (Å²) in [7, 11) is 4.14. The van der Waals surface area contributed by atoms with Crippen LogP contribution in [0, 0.1) is 0 Å². The van der Waals surface area contributed by atoms with Crippen LogP contribution in [0.5, 0.6) is 5.75 Å². The van der Waals surface area contributed by atoms with Gasteiger partial charge in [-0.25, -0.2) is 0 Å². The monoisotopic (exact) mass is 372 g/mol. The summed E-state index contributed by atoms with van der Waals surface area (Å²) in [6.45, 7) is 5.76. The third-order valence-electron chi connectivity index (χ3n) is 6.10. The Morgan fingerprint density at radius 3 is 2.59 bits per heavy atom. The molecule has 0 amide bonds. The van der Waals surface area contributed by atoms with Crippen LogP contribution in [-0.4, -0.2) is 56.2 Å². The molecule has 0 aromatic heterocycles. The van der Waals surface area contributed by atoms with Crippen molar-refractivity contribution in [3.05, 3.63) is 29.8 Å². The number of piperidine rings is 2. The summed E-state index contributed by atoms with van der Waals surface area (Å²) >= 11 is 0. The number of hydrogen-bond donors (Lipinski definition) is 2. The number of benzene rings is 1. The molecule has 0 saturated carbocycles. The van der Waals surface area contributed by atoms with Crippen LogP contribution in [0.1, 0.15) is 57.4 Å². The molecule has 2 N–H and O–H groups in total. The van der Waals surface area contributed by atoms with E-state index in [9.17, 15) is 0 Å². The average Bonchev–Trinajstić information content (AvgIpc) is 2.65. The first-order valence-electron chi connectivity index (χ1n) is 10.5. The van der Waals surface area contributed by atoms with Crippen LogP contribution in [0.2, 0.25) is 0 Å².